The van der Waals surface area contributed by atoms with Gasteiger partial charge >= 0.3 is 0 Å². The number of hydrogen-bond donors (Lipinski definition) is 0. The molecule has 8 nitrogen and oxygen atoms in total. The molecule has 3 aromatic rings. The molecule has 0 radical (unpaired) electrons. The first kappa shape index (κ1) is 22.3. The van der Waals surface area contributed by atoms with Crippen molar-refractivity contribution >= 4 is 17.3 Å². The highest BCUT2D eigenvalue weighted by atomic mass is 35.5. The number of benzene rings is 3. The lowest BCUT2D eigenvalue weighted by Crippen LogP contribution is -2.36. The lowest BCUT2D eigenvalue weighted by atomic mass is 9.87. The lowest BCUT2D eigenvalue weighted by molar-refractivity contribution is -0.385. The van der Waals surface area contributed by atoms with Crippen LogP contribution in [0.1, 0.15) is 28.3 Å². The maximum Gasteiger partial charge on any atom is 0.277 e. The number of nitro benzene ring substituents is 1. The SMILES string of the molecule is COc1cc2c(cc1OC)[C@H](c1cccc(Cl)c1)N(Cc1cc3c(cc1[N+](=O)[O-])OCO3)CC2. The largest absolute Gasteiger partial charge is 0.493 e. The van der Waals surface area contributed by atoms with E-state index in [9.17, 15) is 10.1 Å². The minimum atomic E-state index is -0.378. The molecule has 3 aromatic carbocycles. The van der Waals surface area contributed by atoms with Crippen molar-refractivity contribution in [1.29, 1.82) is 0 Å². The number of methoxy groups -OCH3 is 2. The van der Waals surface area contributed by atoms with Gasteiger partial charge in [0.25, 0.3) is 5.69 Å². The lowest BCUT2D eigenvalue weighted by Gasteiger charge is -2.38. The summed E-state index contributed by atoms with van der Waals surface area (Å²) >= 11 is 6.35. The molecule has 0 saturated carbocycles. The minimum absolute atomic E-state index is 0.00667. The fourth-order valence-electron chi connectivity index (χ4n) is 4.72. The minimum Gasteiger partial charge on any atom is -0.493 e. The maximum absolute atomic E-state index is 11.9. The molecule has 0 saturated heterocycles. The number of nitrogens with zero attached hydrogens (tertiary/aromatic N) is 2. The van der Waals surface area contributed by atoms with Gasteiger partial charge in [-0.05, 0) is 53.4 Å². The second kappa shape index (κ2) is 9.04. The average Bonchev–Trinajstić information content (AvgIpc) is 3.29. The van der Waals surface area contributed by atoms with Gasteiger partial charge in [-0.1, -0.05) is 23.7 Å². The van der Waals surface area contributed by atoms with Gasteiger partial charge in [0, 0.05) is 23.7 Å². The molecule has 2 aliphatic rings. The van der Waals surface area contributed by atoms with Gasteiger partial charge in [0.05, 0.1) is 31.3 Å². The molecule has 0 unspecified atom stereocenters. The van der Waals surface area contributed by atoms with Gasteiger partial charge in [0.2, 0.25) is 6.79 Å². The van der Waals surface area contributed by atoms with Crippen LogP contribution in [0.4, 0.5) is 5.69 Å². The van der Waals surface area contributed by atoms with E-state index in [2.05, 4.69) is 4.90 Å². The Morgan fingerprint density at radius 3 is 2.53 bits per heavy atom. The molecular formula is C25H23ClN2O6. The van der Waals surface area contributed by atoms with Crippen LogP contribution in [0.25, 0.3) is 0 Å². The van der Waals surface area contributed by atoms with E-state index < -0.39 is 0 Å². The fraction of sp³-hybridized carbons (Fsp3) is 0.280. The molecule has 0 aromatic heterocycles. The molecule has 1 atom stereocenters. The van der Waals surface area contributed by atoms with E-state index in [0.717, 1.165) is 23.1 Å². The summed E-state index contributed by atoms with van der Waals surface area (Å²) < 4.78 is 21.9. The number of nitro groups is 1. The van der Waals surface area contributed by atoms with Gasteiger partial charge in [-0.25, -0.2) is 0 Å². The Labute approximate surface area is 201 Å². The molecule has 0 N–H and O–H groups in total. The van der Waals surface area contributed by atoms with Crippen molar-refractivity contribution < 1.29 is 23.9 Å². The molecule has 2 heterocycles. The van der Waals surface area contributed by atoms with Crippen molar-refractivity contribution in [3.63, 3.8) is 0 Å². The first-order valence-corrected chi connectivity index (χ1v) is 11.2. The molecule has 0 aliphatic carbocycles. The standard InChI is InChI=1S/C25H23ClN2O6/c1-31-21-9-15-6-7-27(13-17-10-23-24(34-14-33-23)12-20(17)28(29)30)25(19(15)11-22(21)32-2)16-4-3-5-18(26)8-16/h3-5,8-12,25H,6-7,13-14H2,1-2H3/t25-/m0/s1. The van der Waals surface area contributed by atoms with E-state index in [4.69, 9.17) is 30.5 Å². The Bertz CT molecular complexity index is 1260. The maximum atomic E-state index is 11.9. The first-order chi connectivity index (χ1) is 16.5. The van der Waals surface area contributed by atoms with Crippen molar-refractivity contribution in [2.45, 2.75) is 19.0 Å². The second-order valence-electron chi connectivity index (χ2n) is 8.18. The summed E-state index contributed by atoms with van der Waals surface area (Å²) in [6.45, 7) is 1.09. The van der Waals surface area contributed by atoms with Gasteiger partial charge in [-0.3, -0.25) is 15.0 Å². The second-order valence-corrected chi connectivity index (χ2v) is 8.61. The van der Waals surface area contributed by atoms with Crippen LogP contribution in [-0.4, -0.2) is 37.4 Å². The highest BCUT2D eigenvalue weighted by Crippen LogP contribution is 2.44. The molecule has 0 bridgehead atoms. The monoisotopic (exact) mass is 482 g/mol. The average molecular weight is 483 g/mol. The van der Waals surface area contributed by atoms with Crippen LogP contribution in [-0.2, 0) is 13.0 Å². The number of hydrogen-bond acceptors (Lipinski definition) is 7. The summed E-state index contributed by atoms with van der Waals surface area (Å²) in [5.74, 6) is 2.21. The molecule has 5 rings (SSSR count). The Balaban J connectivity index is 1.61. The zero-order chi connectivity index (χ0) is 23.8. The summed E-state index contributed by atoms with van der Waals surface area (Å²) in [5, 5.41) is 12.5. The Morgan fingerprint density at radius 1 is 1.09 bits per heavy atom. The third-order valence-electron chi connectivity index (χ3n) is 6.28. The topological polar surface area (TPSA) is 83.3 Å². The van der Waals surface area contributed by atoms with Crippen molar-refractivity contribution in [3.8, 4) is 23.0 Å². The molecule has 176 valence electrons. The zero-order valence-electron chi connectivity index (χ0n) is 18.7. The quantitative estimate of drug-likeness (QED) is 0.355. The predicted molar refractivity (Wildman–Crippen MR) is 126 cm³/mol. The van der Waals surface area contributed by atoms with Crippen LogP contribution >= 0.6 is 11.6 Å². The van der Waals surface area contributed by atoms with Crippen molar-refractivity contribution in [3.05, 3.63) is 85.9 Å². The van der Waals surface area contributed by atoms with Crippen LogP contribution in [0.5, 0.6) is 23.0 Å². The molecule has 0 spiro atoms. The van der Waals surface area contributed by atoms with E-state index in [0.29, 0.717) is 46.7 Å². The smallest absolute Gasteiger partial charge is 0.277 e. The summed E-state index contributed by atoms with van der Waals surface area (Å²) in [5.41, 5.74) is 3.75. The van der Waals surface area contributed by atoms with Crippen LogP contribution in [0.3, 0.4) is 0 Å². The van der Waals surface area contributed by atoms with Gasteiger partial charge < -0.3 is 18.9 Å². The number of fused-ring (bicyclic) bond motifs is 2. The summed E-state index contributed by atoms with van der Waals surface area (Å²) in [4.78, 5) is 13.7. The Hall–Kier alpha value is -3.49. The molecule has 9 heteroatoms. The number of halogens is 1. The van der Waals surface area contributed by atoms with Crippen LogP contribution in [0.2, 0.25) is 5.02 Å². The van der Waals surface area contributed by atoms with E-state index in [1.165, 1.54) is 6.07 Å². The third-order valence-corrected chi connectivity index (χ3v) is 6.52. The molecule has 34 heavy (non-hydrogen) atoms. The van der Waals surface area contributed by atoms with Crippen LogP contribution < -0.4 is 18.9 Å². The van der Waals surface area contributed by atoms with Crippen molar-refractivity contribution in [1.82, 2.24) is 4.90 Å². The van der Waals surface area contributed by atoms with Crippen LogP contribution in [0, 0.1) is 10.1 Å². The molecule has 0 fully saturated rings. The predicted octanol–water partition coefficient (Wildman–Crippen LogP) is 5.14. The normalized spacial score (nSPS) is 16.7. The van der Waals surface area contributed by atoms with E-state index >= 15 is 0 Å². The van der Waals surface area contributed by atoms with Crippen molar-refractivity contribution in [2.75, 3.05) is 27.6 Å². The van der Waals surface area contributed by atoms with E-state index in [1.54, 1.807) is 20.3 Å². The van der Waals surface area contributed by atoms with Gasteiger partial charge in [-0.15, -0.1) is 0 Å². The zero-order valence-corrected chi connectivity index (χ0v) is 19.5. The summed E-state index contributed by atoms with van der Waals surface area (Å²) in [6.07, 6.45) is 0.755. The Kier molecular flexibility index (Phi) is 5.93. The van der Waals surface area contributed by atoms with E-state index in [-0.39, 0.29) is 23.4 Å². The molecule has 2 aliphatic heterocycles. The van der Waals surface area contributed by atoms with Crippen molar-refractivity contribution in [2.24, 2.45) is 0 Å². The van der Waals surface area contributed by atoms with Gasteiger partial charge in [0.15, 0.2) is 23.0 Å². The highest BCUT2D eigenvalue weighted by Gasteiger charge is 2.33. The van der Waals surface area contributed by atoms with E-state index in [1.807, 2.05) is 36.4 Å². The summed E-state index contributed by atoms with van der Waals surface area (Å²) in [7, 11) is 3.22. The molecule has 0 amide bonds. The number of rotatable bonds is 6. The fourth-order valence-corrected chi connectivity index (χ4v) is 4.92. The third kappa shape index (κ3) is 3.99. The summed E-state index contributed by atoms with van der Waals surface area (Å²) in [6, 6.07) is 14.6. The highest BCUT2D eigenvalue weighted by molar-refractivity contribution is 6.30. The van der Waals surface area contributed by atoms with Gasteiger partial charge in [-0.2, -0.15) is 0 Å². The number of ether oxygens (including phenoxy) is 4. The first-order valence-electron chi connectivity index (χ1n) is 10.8. The molecular weight excluding hydrogens is 460 g/mol. The Morgan fingerprint density at radius 2 is 1.82 bits per heavy atom. The van der Waals surface area contributed by atoms with Crippen LogP contribution in [0.15, 0.2) is 48.5 Å². The van der Waals surface area contributed by atoms with Gasteiger partial charge in [0.1, 0.15) is 0 Å².